The molecule has 1 atom stereocenters. The number of nitrogens with zero attached hydrogens (tertiary/aromatic N) is 3. The van der Waals surface area contributed by atoms with Gasteiger partial charge in [0, 0.05) is 18.3 Å². The van der Waals surface area contributed by atoms with E-state index in [2.05, 4.69) is 20.2 Å². The van der Waals surface area contributed by atoms with Gasteiger partial charge < -0.3 is 10.2 Å². The lowest BCUT2D eigenvalue weighted by Gasteiger charge is -2.29. The summed E-state index contributed by atoms with van der Waals surface area (Å²) in [6, 6.07) is 0.964. The molecule has 21 heavy (non-hydrogen) atoms. The minimum absolute atomic E-state index is 0.00554. The predicted molar refractivity (Wildman–Crippen MR) is 75.1 cm³/mol. The average Bonchev–Trinajstić information content (AvgIpc) is 2.37. The minimum atomic E-state index is -4.44. The summed E-state index contributed by atoms with van der Waals surface area (Å²) >= 11 is 0. The van der Waals surface area contributed by atoms with Crippen molar-refractivity contribution in [2.75, 3.05) is 25.0 Å². The molecule has 1 aliphatic rings. The van der Waals surface area contributed by atoms with E-state index < -0.39 is 11.9 Å². The maximum Gasteiger partial charge on any atom is 0.433 e. The van der Waals surface area contributed by atoms with Crippen molar-refractivity contribution in [1.82, 2.24) is 14.9 Å². The molecule has 1 saturated heterocycles. The first-order valence-corrected chi connectivity index (χ1v) is 7.26. The topological polar surface area (TPSA) is 41.1 Å². The molecule has 7 heteroatoms. The van der Waals surface area contributed by atoms with Gasteiger partial charge in [0.25, 0.3) is 0 Å². The Morgan fingerprint density at radius 2 is 1.90 bits per heavy atom. The van der Waals surface area contributed by atoms with Gasteiger partial charge in [0.2, 0.25) is 5.95 Å². The van der Waals surface area contributed by atoms with Gasteiger partial charge in [-0.3, -0.25) is 0 Å². The number of alkyl halides is 3. The van der Waals surface area contributed by atoms with Gasteiger partial charge in [0.1, 0.15) is 5.69 Å². The Kier molecular flexibility index (Phi) is 5.03. The third-order valence-electron chi connectivity index (χ3n) is 3.50. The van der Waals surface area contributed by atoms with Crippen molar-refractivity contribution >= 4 is 5.95 Å². The molecular formula is C14H21F3N4. The number of hydrogen-bond acceptors (Lipinski definition) is 4. The molecule has 1 fully saturated rings. The fourth-order valence-electron chi connectivity index (χ4n) is 2.57. The van der Waals surface area contributed by atoms with Crippen molar-refractivity contribution in [1.29, 1.82) is 0 Å². The number of nitrogens with one attached hydrogen (secondary N) is 1. The molecule has 2 heterocycles. The van der Waals surface area contributed by atoms with E-state index in [9.17, 15) is 13.2 Å². The normalized spacial score (nSPS) is 18.5. The molecule has 1 aliphatic heterocycles. The van der Waals surface area contributed by atoms with Gasteiger partial charge in [0.05, 0.1) is 0 Å². The summed E-state index contributed by atoms with van der Waals surface area (Å²) in [5.41, 5.74) is -0.590. The van der Waals surface area contributed by atoms with Crippen molar-refractivity contribution in [3.05, 3.63) is 17.5 Å². The Morgan fingerprint density at radius 3 is 2.52 bits per heavy atom. The smallest absolute Gasteiger partial charge is 0.350 e. The van der Waals surface area contributed by atoms with Crippen molar-refractivity contribution in [3.63, 3.8) is 0 Å². The van der Waals surface area contributed by atoms with Crippen LogP contribution in [0.25, 0.3) is 0 Å². The third kappa shape index (κ3) is 4.84. The van der Waals surface area contributed by atoms with Crippen LogP contribution >= 0.6 is 0 Å². The van der Waals surface area contributed by atoms with Crippen molar-refractivity contribution in [3.8, 4) is 0 Å². The van der Waals surface area contributed by atoms with Gasteiger partial charge in [-0.25, -0.2) is 9.97 Å². The lowest BCUT2D eigenvalue weighted by Crippen LogP contribution is -2.38. The number of aromatic nitrogens is 2. The van der Waals surface area contributed by atoms with Crippen LogP contribution in [0.1, 0.15) is 37.6 Å². The van der Waals surface area contributed by atoms with E-state index in [0.717, 1.165) is 25.7 Å². The maximum atomic E-state index is 12.7. The molecule has 1 N–H and O–H groups in total. The van der Waals surface area contributed by atoms with Crippen LogP contribution in [0.3, 0.4) is 0 Å². The third-order valence-corrected chi connectivity index (χ3v) is 3.50. The average molecular weight is 302 g/mol. The molecule has 0 radical (unpaired) electrons. The number of hydrogen-bond donors (Lipinski definition) is 1. The first-order valence-electron chi connectivity index (χ1n) is 7.26. The Balaban J connectivity index is 1.99. The predicted octanol–water partition coefficient (Wildman–Crippen LogP) is 3.09. The SMILES string of the molecule is Cc1cc(C(F)(F)F)nc(NC(C)CN2CCCCC2)n1. The summed E-state index contributed by atoms with van der Waals surface area (Å²) in [6.07, 6.45) is -0.813. The molecule has 1 aromatic heterocycles. The quantitative estimate of drug-likeness (QED) is 0.928. The highest BCUT2D eigenvalue weighted by Gasteiger charge is 2.33. The van der Waals surface area contributed by atoms with E-state index in [-0.39, 0.29) is 12.0 Å². The Hall–Kier alpha value is -1.37. The van der Waals surface area contributed by atoms with Crippen LogP contribution in [0.2, 0.25) is 0 Å². The van der Waals surface area contributed by atoms with Crippen LogP contribution in [-0.4, -0.2) is 40.5 Å². The molecule has 0 amide bonds. The van der Waals surface area contributed by atoms with Gasteiger partial charge >= 0.3 is 6.18 Å². The monoisotopic (exact) mass is 302 g/mol. The van der Waals surface area contributed by atoms with Crippen molar-refractivity contribution < 1.29 is 13.2 Å². The molecule has 1 unspecified atom stereocenters. The summed E-state index contributed by atoms with van der Waals surface area (Å²) in [5.74, 6) is 0.0480. The Labute approximate surface area is 122 Å². The fourth-order valence-corrected chi connectivity index (χ4v) is 2.57. The highest BCUT2D eigenvalue weighted by Crippen LogP contribution is 2.28. The second kappa shape index (κ2) is 6.60. The van der Waals surface area contributed by atoms with Gasteiger partial charge in [0.15, 0.2) is 0 Å². The van der Waals surface area contributed by atoms with E-state index >= 15 is 0 Å². The second-order valence-electron chi connectivity index (χ2n) is 5.62. The summed E-state index contributed by atoms with van der Waals surface area (Å²) in [4.78, 5) is 9.93. The highest BCUT2D eigenvalue weighted by molar-refractivity contribution is 5.30. The molecule has 0 bridgehead atoms. The molecule has 2 rings (SSSR count). The van der Waals surface area contributed by atoms with Crippen molar-refractivity contribution in [2.45, 2.75) is 45.3 Å². The number of likely N-dealkylation sites (tertiary alicyclic amines) is 1. The number of anilines is 1. The van der Waals surface area contributed by atoms with Gasteiger partial charge in [-0.1, -0.05) is 6.42 Å². The fraction of sp³-hybridized carbons (Fsp3) is 0.714. The molecule has 0 spiro atoms. The number of piperidine rings is 1. The molecule has 4 nitrogen and oxygen atoms in total. The molecule has 0 aromatic carbocycles. The summed E-state index contributed by atoms with van der Waals surface area (Å²) in [5, 5.41) is 2.98. The van der Waals surface area contributed by atoms with Crippen molar-refractivity contribution in [2.24, 2.45) is 0 Å². The number of rotatable bonds is 4. The Morgan fingerprint density at radius 1 is 1.24 bits per heavy atom. The van der Waals surface area contributed by atoms with Crippen LogP contribution in [0, 0.1) is 6.92 Å². The maximum absolute atomic E-state index is 12.7. The molecular weight excluding hydrogens is 281 g/mol. The minimum Gasteiger partial charge on any atom is -0.350 e. The molecule has 0 aliphatic carbocycles. The first kappa shape index (κ1) is 16.0. The van der Waals surface area contributed by atoms with Crippen LogP contribution in [0.15, 0.2) is 6.07 Å². The second-order valence-corrected chi connectivity index (χ2v) is 5.62. The Bertz CT molecular complexity index is 470. The highest BCUT2D eigenvalue weighted by atomic mass is 19.4. The zero-order valence-corrected chi connectivity index (χ0v) is 12.4. The first-order chi connectivity index (χ1) is 9.84. The van der Waals surface area contributed by atoms with Gasteiger partial charge in [-0.15, -0.1) is 0 Å². The zero-order valence-electron chi connectivity index (χ0n) is 12.4. The largest absolute Gasteiger partial charge is 0.433 e. The van der Waals surface area contributed by atoms with Gasteiger partial charge in [-0.2, -0.15) is 13.2 Å². The van der Waals surface area contributed by atoms with E-state index in [1.165, 1.54) is 26.2 Å². The lowest BCUT2D eigenvalue weighted by atomic mass is 10.1. The van der Waals surface area contributed by atoms with E-state index in [0.29, 0.717) is 5.69 Å². The van der Waals surface area contributed by atoms with Crippen LogP contribution in [-0.2, 0) is 6.18 Å². The molecule has 118 valence electrons. The van der Waals surface area contributed by atoms with Gasteiger partial charge in [-0.05, 0) is 45.8 Å². The number of aryl methyl sites for hydroxylation is 1. The van der Waals surface area contributed by atoms with E-state index in [4.69, 9.17) is 0 Å². The zero-order chi connectivity index (χ0) is 15.5. The summed E-state index contributed by atoms with van der Waals surface area (Å²) in [6.45, 7) is 6.37. The van der Waals surface area contributed by atoms with E-state index in [1.807, 2.05) is 6.92 Å². The lowest BCUT2D eigenvalue weighted by molar-refractivity contribution is -0.141. The number of halogens is 3. The van der Waals surface area contributed by atoms with E-state index in [1.54, 1.807) is 0 Å². The van der Waals surface area contributed by atoms with Crippen LogP contribution < -0.4 is 5.32 Å². The van der Waals surface area contributed by atoms with Crippen LogP contribution in [0.4, 0.5) is 19.1 Å². The summed E-state index contributed by atoms with van der Waals surface area (Å²) < 4.78 is 38.2. The summed E-state index contributed by atoms with van der Waals surface area (Å²) in [7, 11) is 0. The van der Waals surface area contributed by atoms with Crippen LogP contribution in [0.5, 0.6) is 0 Å². The molecule has 0 saturated carbocycles. The standard InChI is InChI=1S/C14H21F3N4/c1-10-8-12(14(15,16)17)20-13(18-10)19-11(2)9-21-6-4-3-5-7-21/h8,11H,3-7,9H2,1-2H3,(H,18,19,20). The molecule has 1 aromatic rings.